The summed E-state index contributed by atoms with van der Waals surface area (Å²) in [5.74, 6) is -3.57. The van der Waals surface area contributed by atoms with Crippen molar-refractivity contribution in [1.82, 2.24) is 9.78 Å². The molecule has 1 aromatic heterocycles. The molecule has 2 aliphatic rings. The third-order valence-electron chi connectivity index (χ3n) is 8.29. The molecule has 0 saturated carbocycles. The van der Waals surface area contributed by atoms with Gasteiger partial charge in [-0.05, 0) is 49.6 Å². The number of nitrogens with zero attached hydrogens (tertiary/aromatic N) is 2. The number of carbonyl (C=O) groups is 2. The summed E-state index contributed by atoms with van der Waals surface area (Å²) in [4.78, 5) is 41.3. The van der Waals surface area contributed by atoms with E-state index >= 15 is 0 Å². The number of phenolic OH excluding ortho intramolecular Hbond substituents is 4. The first-order valence-electron chi connectivity index (χ1n) is 13.2. The summed E-state index contributed by atoms with van der Waals surface area (Å²) in [5, 5.41) is 49.2. The minimum Gasteiger partial charge on any atom is -0.508 e. The van der Waals surface area contributed by atoms with Gasteiger partial charge in [0.15, 0.2) is 5.78 Å². The summed E-state index contributed by atoms with van der Waals surface area (Å²) >= 11 is 6.32. The highest BCUT2D eigenvalue weighted by Crippen LogP contribution is 2.54. The zero-order valence-electron chi connectivity index (χ0n) is 22.6. The zero-order valence-corrected chi connectivity index (χ0v) is 23.4. The highest BCUT2D eigenvalue weighted by Gasteiger charge is 2.42. The average molecular weight is 597 g/mol. The Kier molecular flexibility index (Phi) is 5.60. The van der Waals surface area contributed by atoms with E-state index in [1.807, 2.05) is 0 Å². The monoisotopic (exact) mass is 596 g/mol. The number of aromatic nitrogens is 2. The summed E-state index contributed by atoms with van der Waals surface area (Å²) in [7, 11) is 1.31. The number of benzene rings is 4. The van der Waals surface area contributed by atoms with Crippen molar-refractivity contribution >= 4 is 33.9 Å². The molecule has 0 amide bonds. The van der Waals surface area contributed by atoms with Gasteiger partial charge in [-0.2, -0.15) is 9.78 Å². The molecule has 0 atom stereocenters. The van der Waals surface area contributed by atoms with E-state index in [9.17, 15) is 34.8 Å². The second-order valence-corrected chi connectivity index (χ2v) is 10.9. The number of aromatic hydroxyl groups is 4. The van der Waals surface area contributed by atoms with E-state index in [0.717, 1.165) is 10.7 Å². The van der Waals surface area contributed by atoms with Crippen molar-refractivity contribution < 1.29 is 34.8 Å². The van der Waals surface area contributed by atoms with Crippen LogP contribution < -0.4 is 10.3 Å². The van der Waals surface area contributed by atoms with Gasteiger partial charge < -0.3 is 25.2 Å². The van der Waals surface area contributed by atoms with Crippen molar-refractivity contribution in [3.05, 3.63) is 96.9 Å². The van der Waals surface area contributed by atoms with E-state index < -0.39 is 45.7 Å². The number of fused-ring (bicyclic) bond motifs is 6. The van der Waals surface area contributed by atoms with Crippen LogP contribution in [0.3, 0.4) is 0 Å². The predicted molar refractivity (Wildman–Crippen MR) is 156 cm³/mol. The molecule has 0 spiro atoms. The number of aryl methyl sites for hydroxylation is 1. The topological polar surface area (TPSA) is 159 Å². The van der Waals surface area contributed by atoms with Crippen LogP contribution in [0, 0.1) is 6.92 Å². The number of rotatable bonds is 2. The first kappa shape index (κ1) is 26.5. The summed E-state index contributed by atoms with van der Waals surface area (Å²) in [6, 6.07) is 9.35. The molecule has 0 unspecified atom stereocenters. The van der Waals surface area contributed by atoms with Gasteiger partial charge in [0.25, 0.3) is 5.56 Å². The molecule has 5 aromatic rings. The largest absolute Gasteiger partial charge is 0.508 e. The maximum atomic E-state index is 13.8. The summed E-state index contributed by atoms with van der Waals surface area (Å²) in [6.45, 7) is 1.40. The van der Waals surface area contributed by atoms with Crippen LogP contribution in [0.5, 0.6) is 28.7 Å². The van der Waals surface area contributed by atoms with Gasteiger partial charge >= 0.3 is 0 Å². The van der Waals surface area contributed by atoms with Crippen molar-refractivity contribution in [3.63, 3.8) is 0 Å². The van der Waals surface area contributed by atoms with Crippen LogP contribution in [0.25, 0.3) is 27.6 Å². The van der Waals surface area contributed by atoms with Crippen molar-refractivity contribution in [2.45, 2.75) is 19.8 Å². The molecular weight excluding hydrogens is 576 g/mol. The number of hydrogen-bond donors (Lipinski definition) is 4. The molecule has 10 nitrogen and oxygen atoms in total. The van der Waals surface area contributed by atoms with Gasteiger partial charge in [-0.15, -0.1) is 0 Å². The quantitative estimate of drug-likeness (QED) is 0.222. The Balaban J connectivity index is 1.55. The Bertz CT molecular complexity index is 2200. The van der Waals surface area contributed by atoms with Crippen LogP contribution in [0.4, 0.5) is 0 Å². The van der Waals surface area contributed by atoms with Gasteiger partial charge in [0.05, 0.1) is 46.1 Å². The van der Waals surface area contributed by atoms with Gasteiger partial charge in [-0.25, -0.2) is 0 Å². The van der Waals surface area contributed by atoms with Gasteiger partial charge in [0.2, 0.25) is 5.78 Å². The standard InChI is InChI=1S/C32H21ClN2O8/c1-12-19(36)10-16-23(26(12)37)30(41)25-24(27(16)38)29(40)22-15(31(25)43-2)8-7-13-9-14-11-34-35(18-6-4-3-5-17(18)33)32(42)21(14)28(39)20(13)22/h3-6,9-11,36-37,39-40H,7-8H2,1-2H3. The molecule has 4 N–H and O–H groups in total. The van der Waals surface area contributed by atoms with Crippen LogP contribution in [0.1, 0.15) is 48.5 Å². The maximum absolute atomic E-state index is 13.8. The normalized spacial score (nSPS) is 13.4. The minimum atomic E-state index is -0.827. The average Bonchev–Trinajstić information content (AvgIpc) is 2.98. The Labute approximate surface area is 247 Å². The van der Waals surface area contributed by atoms with Gasteiger partial charge in [0, 0.05) is 33.2 Å². The predicted octanol–water partition coefficient (Wildman–Crippen LogP) is 4.72. The van der Waals surface area contributed by atoms with Crippen LogP contribution in [0.2, 0.25) is 5.02 Å². The Morgan fingerprint density at radius 2 is 1.60 bits per heavy atom. The van der Waals surface area contributed by atoms with Crippen LogP contribution in [-0.2, 0) is 12.8 Å². The van der Waals surface area contributed by atoms with E-state index in [1.54, 1.807) is 30.3 Å². The fourth-order valence-electron chi connectivity index (χ4n) is 6.24. The first-order chi connectivity index (χ1) is 20.6. The Morgan fingerprint density at radius 3 is 2.33 bits per heavy atom. The molecule has 214 valence electrons. The van der Waals surface area contributed by atoms with E-state index in [4.69, 9.17) is 16.3 Å². The fraction of sp³-hybridized carbons (Fsp3) is 0.125. The second-order valence-electron chi connectivity index (χ2n) is 10.5. The number of ether oxygens (including phenoxy) is 1. The molecule has 4 aromatic carbocycles. The number of hydrogen-bond acceptors (Lipinski definition) is 9. The number of methoxy groups -OCH3 is 1. The third kappa shape index (κ3) is 3.41. The molecule has 2 aliphatic carbocycles. The van der Waals surface area contributed by atoms with Crippen LogP contribution in [0.15, 0.2) is 47.4 Å². The molecule has 0 aliphatic heterocycles. The molecular formula is C32H21ClN2O8. The lowest BCUT2D eigenvalue weighted by molar-refractivity contribution is 0.0971. The fourth-order valence-corrected chi connectivity index (χ4v) is 6.45. The summed E-state index contributed by atoms with van der Waals surface area (Å²) in [5.41, 5.74) is -0.479. The van der Waals surface area contributed by atoms with Crippen molar-refractivity contribution in [1.29, 1.82) is 0 Å². The third-order valence-corrected chi connectivity index (χ3v) is 8.61. The number of ketones is 2. The molecule has 43 heavy (non-hydrogen) atoms. The molecule has 1 heterocycles. The van der Waals surface area contributed by atoms with Crippen molar-refractivity contribution in [2.75, 3.05) is 7.11 Å². The zero-order chi connectivity index (χ0) is 30.5. The number of para-hydroxylation sites is 1. The van der Waals surface area contributed by atoms with Gasteiger partial charge in [-0.3, -0.25) is 14.4 Å². The molecule has 11 heteroatoms. The number of carbonyl (C=O) groups excluding carboxylic acids is 2. The van der Waals surface area contributed by atoms with Crippen LogP contribution >= 0.6 is 11.6 Å². The lowest BCUT2D eigenvalue weighted by Gasteiger charge is -2.29. The summed E-state index contributed by atoms with van der Waals surface area (Å²) < 4.78 is 6.73. The second kappa shape index (κ2) is 9.07. The van der Waals surface area contributed by atoms with Gasteiger partial charge in [0.1, 0.15) is 28.7 Å². The lowest BCUT2D eigenvalue weighted by Crippen LogP contribution is -2.25. The number of phenols is 4. The Hall–Kier alpha value is -5.35. The van der Waals surface area contributed by atoms with E-state index in [2.05, 4.69) is 5.10 Å². The van der Waals surface area contributed by atoms with E-state index in [1.165, 1.54) is 20.2 Å². The summed E-state index contributed by atoms with van der Waals surface area (Å²) in [6.07, 6.45) is 2.03. The molecule has 7 rings (SSSR count). The van der Waals surface area contributed by atoms with Crippen LogP contribution in [-0.4, -0.2) is 48.9 Å². The lowest BCUT2D eigenvalue weighted by atomic mass is 9.75. The van der Waals surface area contributed by atoms with E-state index in [-0.39, 0.29) is 56.0 Å². The van der Waals surface area contributed by atoms with Crippen molar-refractivity contribution in [3.8, 4) is 45.6 Å². The first-order valence-corrected chi connectivity index (χ1v) is 13.6. The highest BCUT2D eigenvalue weighted by molar-refractivity contribution is 6.33. The smallest absolute Gasteiger partial charge is 0.283 e. The highest BCUT2D eigenvalue weighted by atomic mass is 35.5. The molecule has 0 fully saturated rings. The number of halogens is 1. The van der Waals surface area contributed by atoms with Crippen molar-refractivity contribution in [2.24, 2.45) is 0 Å². The SMILES string of the molecule is COc1c2c(c(O)c3c1C(=O)c1c(cc(O)c(C)c1O)C3=O)-c1c(cc3cnn(-c4ccccc4Cl)c(=O)c3c1O)CC2. The maximum Gasteiger partial charge on any atom is 0.283 e. The Morgan fingerprint density at radius 1 is 0.860 bits per heavy atom. The molecule has 0 radical (unpaired) electrons. The minimum absolute atomic E-state index is 0.00489. The van der Waals surface area contributed by atoms with E-state index in [0.29, 0.717) is 28.6 Å². The molecule has 0 saturated heterocycles. The van der Waals surface area contributed by atoms with Gasteiger partial charge in [-0.1, -0.05) is 23.7 Å². The molecule has 0 bridgehead atoms.